The van der Waals surface area contributed by atoms with Gasteiger partial charge in [0.15, 0.2) is 4.34 Å². The third-order valence-corrected chi connectivity index (χ3v) is 8.12. The molecule has 10 heteroatoms. The van der Waals surface area contributed by atoms with E-state index in [4.69, 9.17) is 4.74 Å². The number of nitrogens with zero attached hydrogens (tertiary/aromatic N) is 1. The summed E-state index contributed by atoms with van der Waals surface area (Å²) >= 11 is 1.57. The van der Waals surface area contributed by atoms with Gasteiger partial charge in [0.25, 0.3) is 0 Å². The summed E-state index contributed by atoms with van der Waals surface area (Å²) < 4.78 is 6.82. The van der Waals surface area contributed by atoms with Crippen molar-refractivity contribution in [1.82, 2.24) is 15.6 Å². The minimum Gasteiger partial charge on any atom is -0.467 e. The number of benzene rings is 2. The van der Waals surface area contributed by atoms with Gasteiger partial charge in [-0.2, -0.15) is 0 Å². The first-order valence-corrected chi connectivity index (χ1v) is 12.9. The predicted molar refractivity (Wildman–Crippen MR) is 130 cm³/mol. The van der Waals surface area contributed by atoms with Crippen molar-refractivity contribution in [3.8, 4) is 0 Å². The summed E-state index contributed by atoms with van der Waals surface area (Å²) in [5, 5.41) is 5.39. The zero-order valence-corrected chi connectivity index (χ0v) is 20.0. The molecule has 7 nitrogen and oxygen atoms in total. The monoisotopic (exact) mass is 489 g/mol. The normalized spacial score (nSPS) is 12.7. The van der Waals surface area contributed by atoms with Crippen LogP contribution in [0.3, 0.4) is 0 Å². The Bertz CT molecular complexity index is 1040. The van der Waals surface area contributed by atoms with Crippen molar-refractivity contribution in [2.75, 3.05) is 12.9 Å². The highest BCUT2D eigenvalue weighted by molar-refractivity contribution is 8.77. The third kappa shape index (κ3) is 6.98. The van der Waals surface area contributed by atoms with Gasteiger partial charge in [0.05, 0.1) is 17.3 Å². The van der Waals surface area contributed by atoms with Crippen LogP contribution in [0.25, 0.3) is 10.2 Å². The smallest absolute Gasteiger partial charge is 0.328 e. The highest BCUT2D eigenvalue weighted by atomic mass is 33.1. The number of hydrogen-bond acceptors (Lipinski definition) is 8. The first kappa shape index (κ1) is 24.1. The van der Waals surface area contributed by atoms with Crippen molar-refractivity contribution >= 4 is 60.9 Å². The van der Waals surface area contributed by atoms with Crippen LogP contribution in [-0.4, -0.2) is 47.7 Å². The van der Waals surface area contributed by atoms with Gasteiger partial charge in [0, 0.05) is 19.1 Å². The highest BCUT2D eigenvalue weighted by Crippen LogP contribution is 2.36. The van der Waals surface area contributed by atoms with Crippen molar-refractivity contribution in [2.45, 2.75) is 29.8 Å². The quantitative estimate of drug-likeness (QED) is 0.333. The molecule has 2 amide bonds. The maximum Gasteiger partial charge on any atom is 0.328 e. The standard InChI is InChI=1S/C22H23N3O4S3/c1-14(26)23-18(13-30-32-22-25-16-10-6-7-11-19(16)31-22)20(27)24-17(21(28)29-2)12-15-8-4-3-5-9-15/h3-11,17-18H,12-13H2,1-2H3,(H,23,26)(H,24,27)/t17-,18+/m0/s1. The number of hydrogen-bond donors (Lipinski definition) is 2. The average molecular weight is 490 g/mol. The molecule has 3 aromatic rings. The van der Waals surface area contributed by atoms with Crippen LogP contribution in [-0.2, 0) is 25.5 Å². The van der Waals surface area contributed by atoms with Gasteiger partial charge >= 0.3 is 5.97 Å². The number of methoxy groups -OCH3 is 1. The van der Waals surface area contributed by atoms with Gasteiger partial charge in [-0.3, -0.25) is 9.59 Å². The molecule has 0 unspecified atom stereocenters. The van der Waals surface area contributed by atoms with E-state index < -0.39 is 24.0 Å². The minimum absolute atomic E-state index is 0.291. The van der Waals surface area contributed by atoms with Gasteiger partial charge in [0.2, 0.25) is 11.8 Å². The van der Waals surface area contributed by atoms with Crippen LogP contribution in [0.1, 0.15) is 12.5 Å². The molecule has 0 aliphatic heterocycles. The first-order valence-electron chi connectivity index (χ1n) is 9.80. The van der Waals surface area contributed by atoms with Gasteiger partial charge in [-0.25, -0.2) is 9.78 Å². The molecule has 2 aromatic carbocycles. The second-order valence-corrected chi connectivity index (χ2v) is 10.5. The Morgan fingerprint density at radius 2 is 1.75 bits per heavy atom. The summed E-state index contributed by atoms with van der Waals surface area (Å²) in [6.07, 6.45) is 0.291. The summed E-state index contributed by atoms with van der Waals surface area (Å²) in [7, 11) is 4.15. The van der Waals surface area contributed by atoms with E-state index in [9.17, 15) is 14.4 Å². The number of fused-ring (bicyclic) bond motifs is 1. The fraction of sp³-hybridized carbons (Fsp3) is 0.273. The van der Waals surface area contributed by atoms with Crippen molar-refractivity contribution in [2.24, 2.45) is 0 Å². The number of amides is 2. The molecular weight excluding hydrogens is 466 g/mol. The van der Waals surface area contributed by atoms with Crippen LogP contribution in [0, 0.1) is 0 Å². The lowest BCUT2D eigenvalue weighted by molar-refractivity contribution is -0.145. The average Bonchev–Trinajstić information content (AvgIpc) is 3.20. The molecular formula is C22H23N3O4S3. The predicted octanol–water partition coefficient (Wildman–Crippen LogP) is 3.44. The number of thiazole rings is 1. The van der Waals surface area contributed by atoms with E-state index in [2.05, 4.69) is 15.6 Å². The number of nitrogens with one attached hydrogen (secondary N) is 2. The van der Waals surface area contributed by atoms with E-state index in [1.54, 1.807) is 11.3 Å². The molecule has 0 saturated carbocycles. The number of para-hydroxylation sites is 1. The minimum atomic E-state index is -0.854. The summed E-state index contributed by atoms with van der Waals surface area (Å²) in [6.45, 7) is 1.35. The molecule has 0 aliphatic carbocycles. The molecule has 1 aromatic heterocycles. The maximum atomic E-state index is 12.9. The van der Waals surface area contributed by atoms with Crippen molar-refractivity contribution in [3.63, 3.8) is 0 Å². The van der Waals surface area contributed by atoms with E-state index in [0.29, 0.717) is 12.2 Å². The SMILES string of the molecule is COC(=O)[C@H](Cc1ccccc1)NC(=O)[C@@H](CSSc1nc2ccccc2s1)NC(C)=O. The molecule has 3 rings (SSSR count). The number of carbonyl (C=O) groups excluding carboxylic acids is 3. The summed E-state index contributed by atoms with van der Waals surface area (Å²) in [5.74, 6) is -0.997. The van der Waals surface area contributed by atoms with E-state index in [-0.39, 0.29) is 5.91 Å². The zero-order valence-electron chi connectivity index (χ0n) is 17.6. The lowest BCUT2D eigenvalue weighted by Crippen LogP contribution is -2.53. The Balaban J connectivity index is 1.62. The van der Waals surface area contributed by atoms with Crippen LogP contribution >= 0.6 is 32.9 Å². The molecule has 2 N–H and O–H groups in total. The summed E-state index contributed by atoms with van der Waals surface area (Å²) in [4.78, 5) is 41.4. The fourth-order valence-electron chi connectivity index (χ4n) is 2.93. The Morgan fingerprint density at radius 1 is 1.03 bits per heavy atom. The van der Waals surface area contributed by atoms with E-state index >= 15 is 0 Å². The number of ether oxygens (including phenoxy) is 1. The van der Waals surface area contributed by atoms with Gasteiger partial charge in [-0.1, -0.05) is 53.3 Å². The molecule has 0 fully saturated rings. The lowest BCUT2D eigenvalue weighted by Gasteiger charge is -2.21. The number of aromatic nitrogens is 1. The molecule has 168 valence electrons. The van der Waals surface area contributed by atoms with Crippen LogP contribution in [0.15, 0.2) is 58.9 Å². The maximum absolute atomic E-state index is 12.9. The topological polar surface area (TPSA) is 97.4 Å². The van der Waals surface area contributed by atoms with Crippen LogP contribution in [0.5, 0.6) is 0 Å². The highest BCUT2D eigenvalue weighted by Gasteiger charge is 2.27. The van der Waals surface area contributed by atoms with Gasteiger partial charge in [-0.15, -0.1) is 11.3 Å². The lowest BCUT2D eigenvalue weighted by atomic mass is 10.1. The fourth-order valence-corrected chi connectivity index (χ4v) is 6.47. The first-order chi connectivity index (χ1) is 15.5. The third-order valence-electron chi connectivity index (χ3n) is 4.42. The Hall–Kier alpha value is -2.56. The zero-order chi connectivity index (χ0) is 22.9. The molecule has 0 spiro atoms. The second kappa shape index (κ2) is 11.9. The largest absolute Gasteiger partial charge is 0.467 e. The molecule has 0 saturated heterocycles. The molecule has 32 heavy (non-hydrogen) atoms. The molecule has 0 aliphatic rings. The van der Waals surface area contributed by atoms with Crippen LogP contribution in [0.4, 0.5) is 0 Å². The number of rotatable bonds is 10. The summed E-state index contributed by atoms with van der Waals surface area (Å²) in [5.41, 5.74) is 1.82. The van der Waals surface area contributed by atoms with E-state index in [1.165, 1.54) is 35.6 Å². The second-order valence-electron chi connectivity index (χ2n) is 6.84. The number of carbonyl (C=O) groups is 3. The molecule has 0 radical (unpaired) electrons. The van der Waals surface area contributed by atoms with Gasteiger partial charge in [-0.05, 0) is 28.5 Å². The van der Waals surface area contributed by atoms with Crippen LogP contribution in [0.2, 0.25) is 0 Å². The van der Waals surface area contributed by atoms with Gasteiger partial charge < -0.3 is 15.4 Å². The Labute approximate surface area is 198 Å². The molecule has 0 bridgehead atoms. The summed E-state index contributed by atoms with van der Waals surface area (Å²) in [6, 6.07) is 15.6. The van der Waals surface area contributed by atoms with Crippen molar-refractivity contribution in [1.29, 1.82) is 0 Å². The van der Waals surface area contributed by atoms with Crippen molar-refractivity contribution < 1.29 is 19.1 Å². The van der Waals surface area contributed by atoms with Gasteiger partial charge in [0.1, 0.15) is 12.1 Å². The van der Waals surface area contributed by atoms with Crippen molar-refractivity contribution in [3.05, 3.63) is 60.2 Å². The Morgan fingerprint density at radius 3 is 2.44 bits per heavy atom. The number of esters is 1. The van der Waals surface area contributed by atoms with E-state index in [1.807, 2.05) is 54.6 Å². The molecule has 1 heterocycles. The van der Waals surface area contributed by atoms with Crippen LogP contribution < -0.4 is 10.6 Å². The Kier molecular flexibility index (Phi) is 8.95. The van der Waals surface area contributed by atoms with E-state index in [0.717, 1.165) is 20.1 Å². The molecule has 2 atom stereocenters.